The second kappa shape index (κ2) is 9.38. The minimum absolute atomic E-state index is 0.00650. The topological polar surface area (TPSA) is 105 Å². The molecule has 0 atom stereocenters. The van der Waals surface area contributed by atoms with Gasteiger partial charge < -0.3 is 16.0 Å². The fourth-order valence-corrected chi connectivity index (χ4v) is 5.63. The van der Waals surface area contributed by atoms with Gasteiger partial charge in [0, 0.05) is 44.0 Å². The molecule has 7 nitrogen and oxygen atoms in total. The van der Waals surface area contributed by atoms with Gasteiger partial charge in [-0.3, -0.25) is 4.79 Å². The number of primary amides is 1. The van der Waals surface area contributed by atoms with Crippen molar-refractivity contribution in [3.63, 3.8) is 0 Å². The first-order chi connectivity index (χ1) is 14.9. The second-order valence-corrected chi connectivity index (χ2v) is 9.93. The lowest BCUT2D eigenvalue weighted by molar-refractivity contribution is 0.100. The summed E-state index contributed by atoms with van der Waals surface area (Å²) in [6, 6.07) is 13.6. The number of piperazine rings is 1. The van der Waals surface area contributed by atoms with Crippen LogP contribution in [0.2, 0.25) is 0 Å². The molecule has 0 bridgehead atoms. The maximum absolute atomic E-state index is 12.7. The molecule has 1 radical (unpaired) electrons. The third-order valence-corrected chi connectivity index (χ3v) is 7.57. The van der Waals surface area contributed by atoms with Crippen LogP contribution in [0.15, 0.2) is 41.3 Å². The minimum Gasteiger partial charge on any atom is -0.368 e. The summed E-state index contributed by atoms with van der Waals surface area (Å²) < 4.78 is 28.3. The van der Waals surface area contributed by atoms with Crippen LogP contribution in [0.25, 0.3) is 11.1 Å². The first-order valence-corrected chi connectivity index (χ1v) is 12.4. The number of carbonyl (C=O) groups is 1. The molecule has 1 saturated heterocycles. The smallest absolute Gasteiger partial charge is 0.250 e. The van der Waals surface area contributed by atoms with Crippen molar-refractivity contribution in [2.75, 3.05) is 31.1 Å². The Morgan fingerprint density at radius 2 is 1.71 bits per heavy atom. The van der Waals surface area contributed by atoms with Crippen molar-refractivity contribution in [1.82, 2.24) is 10.0 Å². The molecule has 2 fully saturated rings. The van der Waals surface area contributed by atoms with Crippen molar-refractivity contribution in [2.45, 2.75) is 43.0 Å². The van der Waals surface area contributed by atoms with Crippen LogP contribution in [0.5, 0.6) is 0 Å². The molecule has 1 aliphatic carbocycles. The predicted molar refractivity (Wildman–Crippen MR) is 122 cm³/mol. The first-order valence-electron chi connectivity index (χ1n) is 10.9. The first kappa shape index (κ1) is 21.8. The Kier molecular flexibility index (Phi) is 6.60. The fraction of sp³-hybridized carbons (Fsp3) is 0.435. The number of amides is 1. The number of nitrogens with zero attached hydrogens (tertiary/aromatic N) is 1. The molecular weight excluding hydrogens is 412 g/mol. The van der Waals surface area contributed by atoms with Crippen molar-refractivity contribution in [3.8, 4) is 11.1 Å². The zero-order chi connectivity index (χ0) is 21.8. The molecule has 1 saturated carbocycles. The molecule has 2 aromatic rings. The van der Waals surface area contributed by atoms with Crippen LogP contribution in [-0.2, 0) is 10.0 Å². The van der Waals surface area contributed by atoms with Gasteiger partial charge in [-0.2, -0.15) is 0 Å². The number of sulfonamides is 1. The second-order valence-electron chi connectivity index (χ2n) is 8.21. The van der Waals surface area contributed by atoms with Crippen LogP contribution in [-0.4, -0.2) is 46.5 Å². The Balaban J connectivity index is 1.57. The lowest BCUT2D eigenvalue weighted by atomic mass is 9.96. The highest BCUT2D eigenvalue weighted by atomic mass is 32.2. The van der Waals surface area contributed by atoms with Gasteiger partial charge in [0.1, 0.15) is 0 Å². The summed E-state index contributed by atoms with van der Waals surface area (Å²) in [4.78, 5) is 14.5. The molecule has 4 N–H and O–H groups in total. The van der Waals surface area contributed by atoms with Crippen LogP contribution in [0, 0.1) is 6.07 Å². The monoisotopic (exact) mass is 441 g/mol. The quantitative estimate of drug-likeness (QED) is 0.638. The Bertz CT molecular complexity index is 1030. The molecule has 1 heterocycles. The SMILES string of the molecule is NC(=O)c1[c]c(N2CCNCC2)ccc1-c1ccc(S(=O)(=O)NC2CCCCC2)cc1. The van der Waals surface area contributed by atoms with E-state index >= 15 is 0 Å². The van der Waals surface area contributed by atoms with Gasteiger partial charge >= 0.3 is 0 Å². The highest BCUT2D eigenvalue weighted by Gasteiger charge is 2.22. The van der Waals surface area contributed by atoms with Crippen molar-refractivity contribution < 1.29 is 13.2 Å². The number of benzene rings is 2. The number of nitrogens with one attached hydrogen (secondary N) is 2. The largest absolute Gasteiger partial charge is 0.368 e. The predicted octanol–water partition coefficient (Wildman–Crippen LogP) is 2.27. The Labute approximate surface area is 184 Å². The number of nitrogens with two attached hydrogens (primary N) is 1. The van der Waals surface area contributed by atoms with E-state index in [4.69, 9.17) is 5.73 Å². The zero-order valence-electron chi connectivity index (χ0n) is 17.6. The summed E-state index contributed by atoms with van der Waals surface area (Å²) >= 11 is 0. The Morgan fingerprint density at radius 3 is 2.35 bits per heavy atom. The number of carbonyl (C=O) groups excluding carboxylic acids is 1. The number of hydrogen-bond acceptors (Lipinski definition) is 5. The van der Waals surface area contributed by atoms with Gasteiger partial charge in [0.2, 0.25) is 15.9 Å². The van der Waals surface area contributed by atoms with Crippen LogP contribution >= 0.6 is 0 Å². The minimum atomic E-state index is -3.57. The highest BCUT2D eigenvalue weighted by Crippen LogP contribution is 2.29. The molecule has 4 rings (SSSR count). The summed E-state index contributed by atoms with van der Waals surface area (Å²) in [7, 11) is -3.57. The van der Waals surface area contributed by atoms with Gasteiger partial charge in [-0.05, 0) is 42.2 Å². The van der Waals surface area contributed by atoms with Crippen LogP contribution in [0.3, 0.4) is 0 Å². The maximum atomic E-state index is 12.7. The van der Waals surface area contributed by atoms with Crippen LogP contribution < -0.4 is 20.7 Å². The van der Waals surface area contributed by atoms with E-state index in [-0.39, 0.29) is 10.9 Å². The zero-order valence-corrected chi connectivity index (χ0v) is 18.4. The normalized spacial score (nSPS) is 18.1. The van der Waals surface area contributed by atoms with E-state index < -0.39 is 15.9 Å². The highest BCUT2D eigenvalue weighted by molar-refractivity contribution is 7.89. The van der Waals surface area contributed by atoms with Gasteiger partial charge in [0.05, 0.1) is 10.5 Å². The molecular formula is C23H29N4O3S. The van der Waals surface area contributed by atoms with Gasteiger partial charge in [-0.1, -0.05) is 37.5 Å². The average molecular weight is 442 g/mol. The van der Waals surface area contributed by atoms with Crippen molar-refractivity contribution in [1.29, 1.82) is 0 Å². The molecule has 0 aromatic heterocycles. The van der Waals surface area contributed by atoms with E-state index in [1.54, 1.807) is 24.3 Å². The summed E-state index contributed by atoms with van der Waals surface area (Å²) in [6.45, 7) is 3.45. The molecule has 2 aromatic carbocycles. The lowest BCUT2D eigenvalue weighted by Crippen LogP contribution is -2.43. The van der Waals surface area contributed by atoms with Crippen LogP contribution in [0.1, 0.15) is 42.5 Å². The summed E-state index contributed by atoms with van der Waals surface area (Å²) in [6.07, 6.45) is 5.05. The van der Waals surface area contributed by atoms with Crippen molar-refractivity contribution in [3.05, 3.63) is 48.0 Å². The van der Waals surface area contributed by atoms with E-state index in [0.29, 0.717) is 11.1 Å². The third kappa shape index (κ3) is 5.08. The lowest BCUT2D eigenvalue weighted by Gasteiger charge is -2.29. The number of anilines is 1. The average Bonchev–Trinajstić information content (AvgIpc) is 2.80. The van der Waals surface area contributed by atoms with Crippen LogP contribution in [0.4, 0.5) is 5.69 Å². The molecule has 1 aliphatic heterocycles. The molecule has 165 valence electrons. The number of hydrogen-bond donors (Lipinski definition) is 3. The van der Waals surface area contributed by atoms with Gasteiger partial charge in [-0.15, -0.1) is 0 Å². The molecule has 1 amide bonds. The molecule has 8 heteroatoms. The van der Waals surface area contributed by atoms with Crippen molar-refractivity contribution >= 4 is 21.6 Å². The summed E-state index contributed by atoms with van der Waals surface area (Å²) in [5.41, 5.74) is 8.18. The maximum Gasteiger partial charge on any atom is 0.250 e. The number of rotatable bonds is 6. The van der Waals surface area contributed by atoms with E-state index in [2.05, 4.69) is 21.0 Å². The van der Waals surface area contributed by atoms with Gasteiger partial charge in [0.25, 0.3) is 0 Å². The van der Waals surface area contributed by atoms with E-state index in [1.165, 1.54) is 6.42 Å². The molecule has 31 heavy (non-hydrogen) atoms. The van der Waals surface area contributed by atoms with E-state index in [9.17, 15) is 13.2 Å². The standard InChI is InChI=1S/C23H29N4O3S/c24-23(28)22-16-19(27-14-12-25-13-15-27)8-11-21(22)17-6-9-20(10-7-17)31(29,30)26-18-4-2-1-3-5-18/h6-11,18,25-26H,1-5,12-15H2,(H2,24,28). The van der Waals surface area contributed by atoms with E-state index in [0.717, 1.165) is 63.1 Å². The molecule has 0 spiro atoms. The van der Waals surface area contributed by atoms with Gasteiger partial charge in [-0.25, -0.2) is 13.1 Å². The van der Waals surface area contributed by atoms with Gasteiger partial charge in [0.15, 0.2) is 0 Å². The summed E-state index contributed by atoms with van der Waals surface area (Å²) in [5, 5.41) is 3.30. The Hall–Kier alpha value is -2.42. The fourth-order valence-electron chi connectivity index (χ4n) is 4.33. The third-order valence-electron chi connectivity index (χ3n) is 6.04. The molecule has 2 aliphatic rings. The molecule has 0 unspecified atom stereocenters. The Morgan fingerprint density at radius 1 is 1.03 bits per heavy atom. The summed E-state index contributed by atoms with van der Waals surface area (Å²) in [5.74, 6) is -0.553. The van der Waals surface area contributed by atoms with E-state index in [1.807, 2.05) is 12.1 Å². The van der Waals surface area contributed by atoms with Crippen molar-refractivity contribution in [2.24, 2.45) is 5.73 Å².